The summed E-state index contributed by atoms with van der Waals surface area (Å²) in [5.74, 6) is -1.18. The lowest BCUT2D eigenvalue weighted by molar-refractivity contribution is -0.124. The number of nitrogens with zero attached hydrogens (tertiary/aromatic N) is 1. The van der Waals surface area contributed by atoms with E-state index in [1.165, 1.54) is 0 Å². The zero-order valence-corrected chi connectivity index (χ0v) is 11.5. The van der Waals surface area contributed by atoms with Gasteiger partial charge in [-0.2, -0.15) is 0 Å². The number of anilines is 1. The van der Waals surface area contributed by atoms with E-state index in [1.54, 1.807) is 30.1 Å². The van der Waals surface area contributed by atoms with Crippen LogP contribution in [0.25, 0.3) is 0 Å². The number of hydrogen-bond acceptors (Lipinski definition) is 4. The molecule has 2 N–H and O–H groups in total. The number of carboxylic acids is 1. The van der Waals surface area contributed by atoms with E-state index in [9.17, 15) is 14.7 Å². The molecule has 1 atom stereocenters. The third-order valence-corrected chi connectivity index (χ3v) is 3.37. The molecule has 0 aromatic heterocycles. The maximum absolute atomic E-state index is 11.9. The lowest BCUT2D eigenvalue weighted by Crippen LogP contribution is -2.53. The molecule has 0 radical (unpaired) electrons. The fourth-order valence-corrected chi connectivity index (χ4v) is 2.34. The Morgan fingerprint density at radius 1 is 1.45 bits per heavy atom. The molecule has 0 bridgehead atoms. The second-order valence-electron chi connectivity index (χ2n) is 4.72. The van der Waals surface area contributed by atoms with Gasteiger partial charge in [-0.15, -0.1) is 0 Å². The number of aromatic carboxylic acids is 1. The minimum atomic E-state index is -0.998. The Kier molecular flexibility index (Phi) is 4.24. The van der Waals surface area contributed by atoms with Crippen molar-refractivity contribution >= 4 is 17.6 Å². The Morgan fingerprint density at radius 2 is 2.20 bits per heavy atom. The average Bonchev–Trinajstić information content (AvgIpc) is 2.46. The molecular weight excluding hydrogens is 260 g/mol. The van der Waals surface area contributed by atoms with E-state index >= 15 is 0 Å². The molecule has 108 valence electrons. The number of carbonyl (C=O) groups is 2. The van der Waals surface area contributed by atoms with Crippen molar-refractivity contribution in [3.05, 3.63) is 29.3 Å². The number of amides is 1. The summed E-state index contributed by atoms with van der Waals surface area (Å²) in [7, 11) is 1.56. The van der Waals surface area contributed by atoms with E-state index in [0.717, 1.165) is 5.56 Å². The SMILES string of the molecule is CNC(=O)C1COCCN1c1cc(C)ccc1C(=O)O. The van der Waals surface area contributed by atoms with Crippen molar-refractivity contribution in [2.45, 2.75) is 13.0 Å². The van der Waals surface area contributed by atoms with E-state index in [0.29, 0.717) is 18.8 Å². The molecule has 1 aliphatic heterocycles. The van der Waals surface area contributed by atoms with Crippen LogP contribution in [0.2, 0.25) is 0 Å². The zero-order valence-electron chi connectivity index (χ0n) is 11.5. The molecule has 1 fully saturated rings. The molecule has 1 unspecified atom stereocenters. The summed E-state index contributed by atoms with van der Waals surface area (Å²) in [4.78, 5) is 25.1. The third-order valence-electron chi connectivity index (χ3n) is 3.37. The molecule has 1 saturated heterocycles. The van der Waals surface area contributed by atoms with Gasteiger partial charge in [0.2, 0.25) is 5.91 Å². The Hall–Kier alpha value is -2.08. The molecule has 2 rings (SSSR count). The van der Waals surface area contributed by atoms with Crippen LogP contribution in [0.4, 0.5) is 5.69 Å². The van der Waals surface area contributed by atoms with Crippen molar-refractivity contribution < 1.29 is 19.4 Å². The van der Waals surface area contributed by atoms with Crippen LogP contribution in [0.3, 0.4) is 0 Å². The lowest BCUT2D eigenvalue weighted by atomic mass is 10.1. The summed E-state index contributed by atoms with van der Waals surface area (Å²) >= 11 is 0. The molecule has 1 aromatic rings. The van der Waals surface area contributed by atoms with Gasteiger partial charge < -0.3 is 20.1 Å². The fraction of sp³-hybridized carbons (Fsp3) is 0.429. The number of ether oxygens (including phenoxy) is 1. The number of morpholine rings is 1. The molecule has 0 spiro atoms. The Balaban J connectivity index is 2.44. The van der Waals surface area contributed by atoms with Crippen LogP contribution in [0.5, 0.6) is 0 Å². The number of benzene rings is 1. The largest absolute Gasteiger partial charge is 0.478 e. The van der Waals surface area contributed by atoms with Crippen molar-refractivity contribution in [2.24, 2.45) is 0 Å². The first-order chi connectivity index (χ1) is 9.54. The maximum atomic E-state index is 11.9. The molecule has 1 aliphatic rings. The minimum absolute atomic E-state index is 0.178. The van der Waals surface area contributed by atoms with Crippen LogP contribution in [-0.2, 0) is 9.53 Å². The van der Waals surface area contributed by atoms with Gasteiger partial charge in [0.1, 0.15) is 6.04 Å². The van der Waals surface area contributed by atoms with Crippen LogP contribution >= 0.6 is 0 Å². The smallest absolute Gasteiger partial charge is 0.337 e. The van der Waals surface area contributed by atoms with Crippen LogP contribution in [-0.4, -0.2) is 49.8 Å². The predicted octanol–water partition coefficient (Wildman–Crippen LogP) is 0.644. The Bertz CT molecular complexity index is 530. The molecule has 20 heavy (non-hydrogen) atoms. The molecular formula is C14H18N2O4. The highest BCUT2D eigenvalue weighted by atomic mass is 16.5. The van der Waals surface area contributed by atoms with Gasteiger partial charge in [-0.05, 0) is 24.6 Å². The van der Waals surface area contributed by atoms with Crippen molar-refractivity contribution in [1.29, 1.82) is 0 Å². The number of carbonyl (C=O) groups excluding carboxylic acids is 1. The van der Waals surface area contributed by atoms with Crippen LogP contribution < -0.4 is 10.2 Å². The first-order valence-corrected chi connectivity index (χ1v) is 6.44. The molecule has 0 aliphatic carbocycles. The molecule has 1 heterocycles. The van der Waals surface area contributed by atoms with Gasteiger partial charge in [-0.25, -0.2) is 4.79 Å². The van der Waals surface area contributed by atoms with E-state index in [1.807, 2.05) is 6.92 Å². The van der Waals surface area contributed by atoms with Crippen molar-refractivity contribution in [1.82, 2.24) is 5.32 Å². The average molecular weight is 278 g/mol. The number of hydrogen-bond donors (Lipinski definition) is 2. The molecule has 1 aromatic carbocycles. The minimum Gasteiger partial charge on any atom is -0.478 e. The summed E-state index contributed by atoms with van der Waals surface area (Å²) < 4.78 is 5.34. The van der Waals surface area contributed by atoms with Gasteiger partial charge >= 0.3 is 5.97 Å². The number of carboxylic acid groups (broad SMARTS) is 1. The zero-order chi connectivity index (χ0) is 14.7. The van der Waals surface area contributed by atoms with Crippen molar-refractivity contribution in [3.8, 4) is 0 Å². The second-order valence-corrected chi connectivity index (χ2v) is 4.72. The highest BCUT2D eigenvalue weighted by Crippen LogP contribution is 2.26. The highest BCUT2D eigenvalue weighted by Gasteiger charge is 2.31. The molecule has 6 heteroatoms. The molecule has 1 amide bonds. The Labute approximate surface area is 117 Å². The number of nitrogens with one attached hydrogen (secondary N) is 1. The normalized spacial score (nSPS) is 18.7. The summed E-state index contributed by atoms with van der Waals surface area (Å²) in [5.41, 5.74) is 1.72. The van der Waals surface area contributed by atoms with E-state index in [2.05, 4.69) is 5.32 Å². The van der Waals surface area contributed by atoms with E-state index < -0.39 is 12.0 Å². The summed E-state index contributed by atoms with van der Waals surface area (Å²) in [6.45, 7) is 3.11. The van der Waals surface area contributed by atoms with Gasteiger partial charge in [-0.3, -0.25) is 4.79 Å². The highest BCUT2D eigenvalue weighted by molar-refractivity contribution is 5.96. The van der Waals surface area contributed by atoms with Gasteiger partial charge in [0, 0.05) is 13.6 Å². The topological polar surface area (TPSA) is 78.9 Å². The first-order valence-electron chi connectivity index (χ1n) is 6.44. The van der Waals surface area contributed by atoms with E-state index in [-0.39, 0.29) is 18.1 Å². The van der Waals surface area contributed by atoms with Crippen LogP contribution in [0, 0.1) is 6.92 Å². The van der Waals surface area contributed by atoms with Gasteiger partial charge in [0.05, 0.1) is 24.5 Å². The van der Waals surface area contributed by atoms with Gasteiger partial charge in [-0.1, -0.05) is 6.07 Å². The Morgan fingerprint density at radius 3 is 2.85 bits per heavy atom. The van der Waals surface area contributed by atoms with Crippen LogP contribution in [0.1, 0.15) is 15.9 Å². The fourth-order valence-electron chi connectivity index (χ4n) is 2.34. The molecule has 6 nitrogen and oxygen atoms in total. The maximum Gasteiger partial charge on any atom is 0.337 e. The van der Waals surface area contributed by atoms with E-state index in [4.69, 9.17) is 4.74 Å². The number of likely N-dealkylation sites (N-methyl/N-ethyl adjacent to an activating group) is 1. The third kappa shape index (κ3) is 2.75. The standard InChI is InChI=1S/C14H18N2O4/c1-9-3-4-10(14(18)19)11(7-9)16-5-6-20-8-12(16)13(17)15-2/h3-4,7,12H,5-6,8H2,1-2H3,(H,15,17)(H,18,19). The first kappa shape index (κ1) is 14.3. The summed E-state index contributed by atoms with van der Waals surface area (Å²) in [5, 5.41) is 11.9. The number of aryl methyl sites for hydroxylation is 1. The van der Waals surface area contributed by atoms with Gasteiger partial charge in [0.25, 0.3) is 0 Å². The van der Waals surface area contributed by atoms with Crippen molar-refractivity contribution in [2.75, 3.05) is 31.7 Å². The summed E-state index contributed by atoms with van der Waals surface area (Å²) in [6.07, 6.45) is 0. The number of rotatable bonds is 3. The lowest BCUT2D eigenvalue weighted by Gasteiger charge is -2.36. The predicted molar refractivity (Wildman–Crippen MR) is 74.2 cm³/mol. The second kappa shape index (κ2) is 5.92. The quantitative estimate of drug-likeness (QED) is 0.848. The van der Waals surface area contributed by atoms with Gasteiger partial charge in [0.15, 0.2) is 0 Å². The van der Waals surface area contributed by atoms with Crippen molar-refractivity contribution in [3.63, 3.8) is 0 Å². The monoisotopic (exact) mass is 278 g/mol. The molecule has 0 saturated carbocycles. The van der Waals surface area contributed by atoms with Crippen LogP contribution in [0.15, 0.2) is 18.2 Å². The summed E-state index contributed by atoms with van der Waals surface area (Å²) in [6, 6.07) is 4.62.